The van der Waals surface area contributed by atoms with E-state index in [1.807, 2.05) is 16.9 Å². The van der Waals surface area contributed by atoms with Crippen molar-refractivity contribution in [3.05, 3.63) is 24.4 Å². The van der Waals surface area contributed by atoms with E-state index < -0.39 is 0 Å². The van der Waals surface area contributed by atoms with Gasteiger partial charge in [-0.15, -0.1) is 0 Å². The number of aromatic nitrogens is 2. The molecule has 1 N–H and O–H groups in total. The van der Waals surface area contributed by atoms with Gasteiger partial charge in [0.1, 0.15) is 0 Å². The largest absolute Gasteiger partial charge is 0.309 e. The molecule has 0 saturated carbocycles. The Labute approximate surface area is 108 Å². The number of carbonyl (C=O) groups is 1. The van der Waals surface area contributed by atoms with Gasteiger partial charge in [-0.3, -0.25) is 9.48 Å². The summed E-state index contributed by atoms with van der Waals surface area (Å²) in [6, 6.07) is 1.85. The van der Waals surface area contributed by atoms with Gasteiger partial charge < -0.3 is 5.32 Å². The first kappa shape index (κ1) is 12.9. The Morgan fingerprint density at radius 1 is 1.44 bits per heavy atom. The van der Waals surface area contributed by atoms with Gasteiger partial charge >= 0.3 is 0 Å². The van der Waals surface area contributed by atoms with E-state index in [2.05, 4.69) is 43.3 Å². The van der Waals surface area contributed by atoms with Crippen LogP contribution in [0, 0.1) is 5.92 Å². The minimum atomic E-state index is -0.0590. The molecule has 0 aromatic carbocycles. The van der Waals surface area contributed by atoms with E-state index in [4.69, 9.17) is 0 Å². The number of hydrogen-bond acceptors (Lipinski definition) is 2. The number of carbonyl (C=O) groups excluding carboxylic acids is 1. The van der Waals surface area contributed by atoms with Crippen molar-refractivity contribution in [2.24, 2.45) is 5.92 Å². The molecule has 0 saturated heterocycles. The average Bonchev–Trinajstić information content (AvgIpc) is 2.78. The Hall–Kier alpha value is -1.58. The second-order valence-corrected chi connectivity index (χ2v) is 5.79. The molecule has 0 aliphatic heterocycles. The van der Waals surface area contributed by atoms with Crippen LogP contribution in [0.2, 0.25) is 0 Å². The minimum Gasteiger partial charge on any atom is -0.309 e. The topological polar surface area (TPSA) is 46.9 Å². The van der Waals surface area contributed by atoms with Gasteiger partial charge in [-0.25, -0.2) is 0 Å². The van der Waals surface area contributed by atoms with Gasteiger partial charge in [-0.05, 0) is 40.0 Å². The summed E-state index contributed by atoms with van der Waals surface area (Å²) in [5.74, 6) is 0.817. The quantitative estimate of drug-likeness (QED) is 0.817. The zero-order chi connectivity index (χ0) is 13.2. The van der Waals surface area contributed by atoms with Crippen molar-refractivity contribution in [1.82, 2.24) is 9.78 Å². The van der Waals surface area contributed by atoms with Gasteiger partial charge in [0.2, 0.25) is 5.91 Å². The van der Waals surface area contributed by atoms with E-state index in [0.29, 0.717) is 5.82 Å². The van der Waals surface area contributed by atoms with Crippen LogP contribution in [0.5, 0.6) is 0 Å². The van der Waals surface area contributed by atoms with Crippen molar-refractivity contribution in [2.75, 3.05) is 5.32 Å². The summed E-state index contributed by atoms with van der Waals surface area (Å²) in [5.41, 5.74) is -0.0590. The molecule has 1 aromatic heterocycles. The highest BCUT2D eigenvalue weighted by Gasteiger charge is 2.20. The molecular formula is C14H21N3O. The maximum Gasteiger partial charge on any atom is 0.229 e. The summed E-state index contributed by atoms with van der Waals surface area (Å²) in [7, 11) is 0. The third-order valence-electron chi connectivity index (χ3n) is 3.17. The SMILES string of the molecule is CC(C)(C)n1ccc(NC(=O)[C@@H]2CC=CCC2)n1. The Balaban J connectivity index is 1.99. The molecule has 1 aromatic rings. The van der Waals surface area contributed by atoms with Gasteiger partial charge in [0.05, 0.1) is 5.54 Å². The molecule has 0 fully saturated rings. The average molecular weight is 247 g/mol. The molecule has 1 amide bonds. The molecule has 1 heterocycles. The summed E-state index contributed by atoms with van der Waals surface area (Å²) in [4.78, 5) is 12.0. The lowest BCUT2D eigenvalue weighted by molar-refractivity contribution is -0.120. The number of nitrogens with one attached hydrogen (secondary N) is 1. The van der Waals surface area contributed by atoms with Crippen molar-refractivity contribution in [1.29, 1.82) is 0 Å². The van der Waals surface area contributed by atoms with Crippen LogP contribution in [0.1, 0.15) is 40.0 Å². The van der Waals surface area contributed by atoms with Gasteiger partial charge in [0, 0.05) is 18.2 Å². The first-order valence-corrected chi connectivity index (χ1v) is 6.49. The van der Waals surface area contributed by atoms with E-state index >= 15 is 0 Å². The number of allylic oxidation sites excluding steroid dienone is 2. The Bertz CT molecular complexity index is 454. The maximum absolute atomic E-state index is 12.0. The summed E-state index contributed by atoms with van der Waals surface area (Å²) < 4.78 is 1.86. The molecule has 1 aliphatic rings. The van der Waals surface area contributed by atoms with E-state index in [9.17, 15) is 4.79 Å². The van der Waals surface area contributed by atoms with Crippen molar-refractivity contribution in [3.63, 3.8) is 0 Å². The minimum absolute atomic E-state index is 0.0590. The zero-order valence-electron chi connectivity index (χ0n) is 11.3. The van der Waals surface area contributed by atoms with Crippen molar-refractivity contribution in [2.45, 2.75) is 45.6 Å². The zero-order valence-corrected chi connectivity index (χ0v) is 11.3. The molecule has 2 rings (SSSR count). The number of hydrogen-bond donors (Lipinski definition) is 1. The Kier molecular flexibility index (Phi) is 3.55. The van der Waals surface area contributed by atoms with Gasteiger partial charge in [0.25, 0.3) is 0 Å². The molecule has 98 valence electrons. The Morgan fingerprint density at radius 2 is 2.22 bits per heavy atom. The van der Waals surface area contributed by atoms with Crippen LogP contribution < -0.4 is 5.32 Å². The maximum atomic E-state index is 12.0. The highest BCUT2D eigenvalue weighted by atomic mass is 16.2. The lowest BCUT2D eigenvalue weighted by Crippen LogP contribution is -2.25. The normalized spacial score (nSPS) is 19.8. The number of rotatable bonds is 2. The summed E-state index contributed by atoms with van der Waals surface area (Å²) in [5, 5.41) is 7.28. The monoisotopic (exact) mass is 247 g/mol. The lowest BCUT2D eigenvalue weighted by atomic mass is 9.94. The van der Waals surface area contributed by atoms with Crippen molar-refractivity contribution < 1.29 is 4.79 Å². The van der Waals surface area contributed by atoms with Crippen LogP contribution in [0.3, 0.4) is 0 Å². The van der Waals surface area contributed by atoms with Gasteiger partial charge in [-0.1, -0.05) is 12.2 Å². The van der Waals surface area contributed by atoms with E-state index in [-0.39, 0.29) is 17.4 Å². The van der Waals surface area contributed by atoms with E-state index in [1.54, 1.807) is 0 Å². The molecule has 1 aliphatic carbocycles. The van der Waals surface area contributed by atoms with Crippen LogP contribution in [-0.4, -0.2) is 15.7 Å². The molecule has 4 nitrogen and oxygen atoms in total. The molecular weight excluding hydrogens is 226 g/mol. The van der Waals surface area contributed by atoms with Crippen molar-refractivity contribution >= 4 is 11.7 Å². The standard InChI is InChI=1S/C14H21N3O/c1-14(2,3)17-10-9-12(16-17)15-13(18)11-7-5-4-6-8-11/h4-5,9-11H,6-8H2,1-3H3,(H,15,16,18)/t11-/m1/s1. The third kappa shape index (κ3) is 3.00. The second-order valence-electron chi connectivity index (χ2n) is 5.79. The number of anilines is 1. The van der Waals surface area contributed by atoms with E-state index in [0.717, 1.165) is 19.3 Å². The number of nitrogens with zero attached hydrogens (tertiary/aromatic N) is 2. The van der Waals surface area contributed by atoms with Gasteiger partial charge in [-0.2, -0.15) is 5.10 Å². The van der Waals surface area contributed by atoms with Crippen LogP contribution in [0.25, 0.3) is 0 Å². The molecule has 4 heteroatoms. The molecule has 0 spiro atoms. The van der Waals surface area contributed by atoms with Gasteiger partial charge in [0.15, 0.2) is 5.82 Å². The third-order valence-corrected chi connectivity index (χ3v) is 3.17. The highest BCUT2D eigenvalue weighted by Crippen LogP contribution is 2.20. The first-order chi connectivity index (χ1) is 8.47. The summed E-state index contributed by atoms with van der Waals surface area (Å²) in [6.07, 6.45) is 8.89. The first-order valence-electron chi connectivity index (χ1n) is 6.49. The van der Waals surface area contributed by atoms with Crippen LogP contribution >= 0.6 is 0 Å². The molecule has 18 heavy (non-hydrogen) atoms. The fourth-order valence-electron chi connectivity index (χ4n) is 2.02. The fourth-order valence-corrected chi connectivity index (χ4v) is 2.02. The smallest absolute Gasteiger partial charge is 0.229 e. The summed E-state index contributed by atoms with van der Waals surface area (Å²) in [6.45, 7) is 6.24. The second kappa shape index (κ2) is 4.96. The van der Waals surface area contributed by atoms with Crippen molar-refractivity contribution in [3.8, 4) is 0 Å². The predicted molar refractivity (Wildman–Crippen MR) is 72.3 cm³/mol. The Morgan fingerprint density at radius 3 is 2.78 bits per heavy atom. The molecule has 0 unspecified atom stereocenters. The highest BCUT2D eigenvalue weighted by molar-refractivity contribution is 5.91. The van der Waals surface area contributed by atoms with Crippen LogP contribution in [0.15, 0.2) is 24.4 Å². The predicted octanol–water partition coefficient (Wildman–Crippen LogP) is 2.93. The molecule has 0 bridgehead atoms. The summed E-state index contributed by atoms with van der Waals surface area (Å²) >= 11 is 0. The number of amides is 1. The van der Waals surface area contributed by atoms with Crippen LogP contribution in [0.4, 0.5) is 5.82 Å². The lowest BCUT2D eigenvalue weighted by Gasteiger charge is -2.19. The molecule has 1 atom stereocenters. The fraction of sp³-hybridized carbons (Fsp3) is 0.571. The van der Waals surface area contributed by atoms with E-state index in [1.165, 1.54) is 0 Å². The van der Waals surface area contributed by atoms with Crippen LogP contribution in [-0.2, 0) is 10.3 Å². The molecule has 0 radical (unpaired) electrons.